The molecule has 0 aliphatic rings. The fraction of sp³-hybridized carbons (Fsp3) is 0.200. The van der Waals surface area contributed by atoms with Crippen LogP contribution in [0.25, 0.3) is 0 Å². The second-order valence-corrected chi connectivity index (χ2v) is 7.32. The Morgan fingerprint density at radius 1 is 1.04 bits per heavy atom. The van der Waals surface area contributed by atoms with Gasteiger partial charge in [-0.3, -0.25) is 4.72 Å². The van der Waals surface area contributed by atoms with E-state index in [1.165, 1.54) is 38.5 Å². The van der Waals surface area contributed by atoms with Gasteiger partial charge < -0.3 is 9.47 Å². The maximum Gasteiger partial charge on any atom is 0.417 e. The maximum absolute atomic E-state index is 13.0. The number of ether oxygens (including phenoxy) is 2. The molecule has 0 aliphatic carbocycles. The number of benzene rings is 2. The number of nitrogens with one attached hydrogen (secondary N) is 1. The lowest BCUT2D eigenvalue weighted by Gasteiger charge is -2.15. The van der Waals surface area contributed by atoms with Crippen molar-refractivity contribution in [3.63, 3.8) is 0 Å². The Morgan fingerprint density at radius 2 is 1.72 bits per heavy atom. The molecule has 0 bridgehead atoms. The van der Waals surface area contributed by atoms with Crippen molar-refractivity contribution >= 4 is 31.6 Å². The molecular weight excluding hydrogens is 427 g/mol. The first-order valence-corrected chi connectivity index (χ1v) is 8.97. The third-order valence-electron chi connectivity index (χ3n) is 3.18. The van der Waals surface area contributed by atoms with E-state index in [1.54, 1.807) is 0 Å². The SMILES string of the molecule is COc1ccc(OC)c(S(=O)(=O)Nc2ccc(Br)c(C(F)(F)F)c2)c1. The normalized spacial score (nSPS) is 11.9. The summed E-state index contributed by atoms with van der Waals surface area (Å²) in [6, 6.07) is 7.13. The Kier molecular flexibility index (Phi) is 5.52. The molecule has 0 unspecified atom stereocenters. The topological polar surface area (TPSA) is 64.6 Å². The predicted molar refractivity (Wildman–Crippen MR) is 89.5 cm³/mol. The standard InChI is InChI=1S/C15H13BrF3NO4S/c1-23-10-4-6-13(24-2)14(8-10)25(21,22)20-9-3-5-12(16)11(7-9)15(17,18)19/h3-8,20H,1-2H3. The van der Waals surface area contributed by atoms with E-state index in [2.05, 4.69) is 20.7 Å². The van der Waals surface area contributed by atoms with E-state index in [9.17, 15) is 21.6 Å². The first-order chi connectivity index (χ1) is 11.6. The van der Waals surface area contributed by atoms with Gasteiger partial charge in [0.25, 0.3) is 10.0 Å². The second-order valence-electron chi connectivity index (χ2n) is 4.81. The summed E-state index contributed by atoms with van der Waals surface area (Å²) in [6.45, 7) is 0. The summed E-state index contributed by atoms with van der Waals surface area (Å²) in [6.07, 6.45) is -4.63. The molecule has 25 heavy (non-hydrogen) atoms. The van der Waals surface area contributed by atoms with Crippen molar-refractivity contribution in [2.75, 3.05) is 18.9 Å². The van der Waals surface area contributed by atoms with Gasteiger partial charge in [-0.05, 0) is 30.3 Å². The van der Waals surface area contributed by atoms with E-state index in [-0.39, 0.29) is 26.6 Å². The molecule has 0 radical (unpaired) electrons. The number of methoxy groups -OCH3 is 2. The molecule has 5 nitrogen and oxygen atoms in total. The number of halogens is 4. The molecule has 0 fully saturated rings. The Bertz CT molecular complexity index is 885. The van der Waals surface area contributed by atoms with Crippen molar-refractivity contribution in [3.8, 4) is 11.5 Å². The molecule has 2 aromatic rings. The van der Waals surface area contributed by atoms with Gasteiger partial charge in [0.2, 0.25) is 0 Å². The van der Waals surface area contributed by atoms with E-state index in [4.69, 9.17) is 9.47 Å². The van der Waals surface area contributed by atoms with Crippen LogP contribution in [0.2, 0.25) is 0 Å². The van der Waals surface area contributed by atoms with E-state index < -0.39 is 21.8 Å². The zero-order valence-corrected chi connectivity index (χ0v) is 15.4. The van der Waals surface area contributed by atoms with Crippen LogP contribution in [0.5, 0.6) is 11.5 Å². The lowest BCUT2D eigenvalue weighted by Crippen LogP contribution is -2.15. The van der Waals surface area contributed by atoms with Gasteiger partial charge in [0.05, 0.1) is 19.8 Å². The van der Waals surface area contributed by atoms with Crippen molar-refractivity contribution in [2.24, 2.45) is 0 Å². The number of sulfonamides is 1. The quantitative estimate of drug-likeness (QED) is 0.754. The minimum atomic E-state index is -4.63. The molecule has 10 heteroatoms. The summed E-state index contributed by atoms with van der Waals surface area (Å²) in [5, 5.41) is 0. The highest BCUT2D eigenvalue weighted by Gasteiger charge is 2.33. The number of anilines is 1. The first-order valence-electron chi connectivity index (χ1n) is 6.70. The minimum absolute atomic E-state index is 0.0291. The molecule has 136 valence electrons. The average molecular weight is 440 g/mol. The third-order valence-corrected chi connectivity index (χ3v) is 5.28. The van der Waals surface area contributed by atoms with Crippen LogP contribution in [0.15, 0.2) is 45.8 Å². The Labute approximate surface area is 150 Å². The maximum atomic E-state index is 13.0. The molecule has 0 spiro atoms. The van der Waals surface area contributed by atoms with Crippen LogP contribution in [-0.4, -0.2) is 22.6 Å². The van der Waals surface area contributed by atoms with E-state index in [1.807, 2.05) is 0 Å². The molecule has 0 amide bonds. The zero-order valence-electron chi connectivity index (χ0n) is 13.0. The molecule has 2 aromatic carbocycles. The third kappa shape index (κ3) is 4.37. The van der Waals surface area contributed by atoms with Gasteiger partial charge in [0.15, 0.2) is 0 Å². The summed E-state index contributed by atoms with van der Waals surface area (Å²) in [7, 11) is -1.56. The Hall–Kier alpha value is -1.94. The van der Waals surface area contributed by atoms with Crippen LogP contribution in [-0.2, 0) is 16.2 Å². The Balaban J connectivity index is 2.47. The van der Waals surface area contributed by atoms with Crippen molar-refractivity contribution < 1.29 is 31.1 Å². The summed E-state index contributed by atoms with van der Waals surface area (Å²) < 4.78 is 75.9. The molecule has 0 saturated carbocycles. The van der Waals surface area contributed by atoms with Crippen LogP contribution in [0.3, 0.4) is 0 Å². The number of alkyl halides is 3. The van der Waals surface area contributed by atoms with Crippen LogP contribution < -0.4 is 14.2 Å². The number of rotatable bonds is 5. The number of hydrogen-bond donors (Lipinski definition) is 1. The monoisotopic (exact) mass is 439 g/mol. The molecule has 0 heterocycles. The highest BCUT2D eigenvalue weighted by molar-refractivity contribution is 9.10. The average Bonchev–Trinajstić information content (AvgIpc) is 2.54. The van der Waals surface area contributed by atoms with Crippen molar-refractivity contribution in [1.82, 2.24) is 0 Å². The van der Waals surface area contributed by atoms with E-state index >= 15 is 0 Å². The molecule has 0 saturated heterocycles. The first kappa shape index (κ1) is 19.4. The lowest BCUT2D eigenvalue weighted by molar-refractivity contribution is -0.138. The fourth-order valence-electron chi connectivity index (χ4n) is 2.01. The van der Waals surface area contributed by atoms with Gasteiger partial charge in [-0.2, -0.15) is 13.2 Å². The summed E-state index contributed by atoms with van der Waals surface area (Å²) in [5.41, 5.74) is -1.23. The molecule has 2 rings (SSSR count). The van der Waals surface area contributed by atoms with Gasteiger partial charge in [-0.25, -0.2) is 8.42 Å². The number of hydrogen-bond acceptors (Lipinski definition) is 4. The molecule has 0 aromatic heterocycles. The largest absolute Gasteiger partial charge is 0.497 e. The van der Waals surface area contributed by atoms with Crippen molar-refractivity contribution in [3.05, 3.63) is 46.4 Å². The summed E-state index contributed by atoms with van der Waals surface area (Å²) in [4.78, 5) is -0.258. The minimum Gasteiger partial charge on any atom is -0.497 e. The van der Waals surface area contributed by atoms with Crippen LogP contribution >= 0.6 is 15.9 Å². The zero-order chi connectivity index (χ0) is 18.8. The highest BCUT2D eigenvalue weighted by atomic mass is 79.9. The van der Waals surface area contributed by atoms with Gasteiger partial charge in [0.1, 0.15) is 16.4 Å². The molecule has 0 atom stereocenters. The molecular formula is C15H13BrF3NO4S. The molecule has 0 aliphatic heterocycles. The van der Waals surface area contributed by atoms with Gasteiger partial charge >= 0.3 is 6.18 Å². The van der Waals surface area contributed by atoms with Crippen molar-refractivity contribution in [2.45, 2.75) is 11.1 Å². The van der Waals surface area contributed by atoms with Crippen LogP contribution in [0.1, 0.15) is 5.56 Å². The highest BCUT2D eigenvalue weighted by Crippen LogP contribution is 2.37. The fourth-order valence-corrected chi connectivity index (χ4v) is 3.72. The van der Waals surface area contributed by atoms with Crippen LogP contribution in [0, 0.1) is 0 Å². The predicted octanol–water partition coefficient (Wildman–Crippen LogP) is 4.29. The Morgan fingerprint density at radius 3 is 2.28 bits per heavy atom. The van der Waals surface area contributed by atoms with E-state index in [0.29, 0.717) is 6.07 Å². The van der Waals surface area contributed by atoms with Crippen molar-refractivity contribution in [1.29, 1.82) is 0 Å². The van der Waals surface area contributed by atoms with Gasteiger partial charge in [0, 0.05) is 16.2 Å². The smallest absolute Gasteiger partial charge is 0.417 e. The second kappa shape index (κ2) is 7.12. The summed E-state index contributed by atoms with van der Waals surface area (Å²) >= 11 is 2.80. The summed E-state index contributed by atoms with van der Waals surface area (Å²) in [5.74, 6) is 0.286. The van der Waals surface area contributed by atoms with Gasteiger partial charge in [-0.15, -0.1) is 0 Å². The van der Waals surface area contributed by atoms with E-state index in [0.717, 1.165) is 6.07 Å². The lowest BCUT2D eigenvalue weighted by atomic mass is 10.2. The van der Waals surface area contributed by atoms with Crippen LogP contribution in [0.4, 0.5) is 18.9 Å². The van der Waals surface area contributed by atoms with Gasteiger partial charge in [-0.1, -0.05) is 15.9 Å². The molecule has 1 N–H and O–H groups in total.